The molecular formula is C26H44O4. The summed E-state index contributed by atoms with van der Waals surface area (Å²) in [4.78, 5) is 10.8. The Morgan fingerprint density at radius 3 is 2.63 bits per heavy atom. The summed E-state index contributed by atoms with van der Waals surface area (Å²) in [6, 6.07) is 0. The molecule has 1 aliphatic carbocycles. The van der Waals surface area contributed by atoms with Gasteiger partial charge in [0.1, 0.15) is 6.61 Å². The van der Waals surface area contributed by atoms with Gasteiger partial charge in [-0.2, -0.15) is 0 Å². The van der Waals surface area contributed by atoms with E-state index in [0.717, 1.165) is 25.2 Å². The molecule has 1 saturated carbocycles. The number of aliphatic hydroxyl groups is 2. The van der Waals surface area contributed by atoms with Gasteiger partial charge in [-0.15, -0.1) is 0 Å². The molecule has 2 N–H and O–H groups in total. The molecule has 1 rings (SSSR count). The molecule has 0 bridgehead atoms. The lowest BCUT2D eigenvalue weighted by atomic mass is 9.91. The predicted octanol–water partition coefficient (Wildman–Crippen LogP) is 6.09. The Kier molecular flexibility index (Phi) is 13.7. The van der Waals surface area contributed by atoms with E-state index in [1.54, 1.807) is 0 Å². The van der Waals surface area contributed by atoms with Crippen molar-refractivity contribution in [3.05, 3.63) is 36.5 Å². The normalized spacial score (nSPS) is 21.2. The Balaban J connectivity index is 2.24. The highest BCUT2D eigenvalue weighted by Crippen LogP contribution is 2.35. The minimum absolute atomic E-state index is 0.199. The first-order valence-corrected chi connectivity index (χ1v) is 11.9. The standard InChI is InChI=1S/C26H44O4/c1-4-5-6-9-14-22(2)15-12-17-25-19-13-18-24(25)16-10-7-8-11-20-26(28,29)21-30-23(3)27/h7,9-10,12,14,17,22,24-25,28-29H,4-6,8,11,13,15-16,18-21H2,1-3H3/b10-7-,14-9+,17-12+/t22-,24+,25+/m1/s1. The van der Waals surface area contributed by atoms with E-state index in [2.05, 4.69) is 55.0 Å². The highest BCUT2D eigenvalue weighted by Gasteiger charge is 2.24. The molecule has 1 aliphatic rings. The van der Waals surface area contributed by atoms with Gasteiger partial charge in [-0.1, -0.05) is 69.6 Å². The van der Waals surface area contributed by atoms with Crippen LogP contribution in [0.1, 0.15) is 91.4 Å². The lowest BCUT2D eigenvalue weighted by Crippen LogP contribution is -2.34. The second-order valence-electron chi connectivity index (χ2n) is 8.93. The van der Waals surface area contributed by atoms with Crippen molar-refractivity contribution in [3.8, 4) is 0 Å². The summed E-state index contributed by atoms with van der Waals surface area (Å²) in [5, 5.41) is 19.5. The number of unbranched alkanes of at least 4 members (excludes halogenated alkanes) is 3. The zero-order valence-electron chi connectivity index (χ0n) is 19.4. The van der Waals surface area contributed by atoms with Crippen molar-refractivity contribution < 1.29 is 19.7 Å². The molecule has 0 heterocycles. The van der Waals surface area contributed by atoms with Crippen molar-refractivity contribution in [2.45, 2.75) is 97.2 Å². The van der Waals surface area contributed by atoms with Crippen molar-refractivity contribution in [1.82, 2.24) is 0 Å². The molecule has 3 atom stereocenters. The summed E-state index contributed by atoms with van der Waals surface area (Å²) in [6.45, 7) is 5.42. The molecule has 0 amide bonds. The average Bonchev–Trinajstić information content (AvgIpc) is 3.14. The molecule has 0 aromatic heterocycles. The van der Waals surface area contributed by atoms with E-state index >= 15 is 0 Å². The third-order valence-corrected chi connectivity index (χ3v) is 5.86. The molecule has 0 radical (unpaired) electrons. The number of hydrogen-bond donors (Lipinski definition) is 2. The van der Waals surface area contributed by atoms with Crippen LogP contribution >= 0.6 is 0 Å². The van der Waals surface area contributed by atoms with Crippen molar-refractivity contribution in [1.29, 1.82) is 0 Å². The Bertz CT molecular complexity index is 547. The van der Waals surface area contributed by atoms with Gasteiger partial charge in [-0.3, -0.25) is 4.79 Å². The SMILES string of the molecule is CCCC/C=C/[C@@H](C)C/C=C/[C@H]1CCC[C@@H]1C/C=C\CCCC(O)(O)COC(C)=O. The molecule has 4 nitrogen and oxygen atoms in total. The summed E-state index contributed by atoms with van der Waals surface area (Å²) in [5.41, 5.74) is 0. The maximum absolute atomic E-state index is 10.8. The van der Waals surface area contributed by atoms with Crippen LogP contribution in [0.3, 0.4) is 0 Å². The van der Waals surface area contributed by atoms with E-state index in [1.807, 2.05) is 0 Å². The second-order valence-corrected chi connectivity index (χ2v) is 8.93. The number of carbonyl (C=O) groups excluding carboxylic acids is 1. The maximum atomic E-state index is 10.8. The Labute approximate surface area is 184 Å². The smallest absolute Gasteiger partial charge is 0.302 e. The number of rotatable bonds is 15. The van der Waals surface area contributed by atoms with E-state index in [9.17, 15) is 15.0 Å². The van der Waals surface area contributed by atoms with Gasteiger partial charge in [0.15, 0.2) is 5.79 Å². The van der Waals surface area contributed by atoms with Crippen molar-refractivity contribution in [2.75, 3.05) is 6.61 Å². The van der Waals surface area contributed by atoms with Gasteiger partial charge in [-0.25, -0.2) is 0 Å². The monoisotopic (exact) mass is 420 g/mol. The lowest BCUT2D eigenvalue weighted by molar-refractivity contribution is -0.204. The minimum Gasteiger partial charge on any atom is -0.460 e. The maximum Gasteiger partial charge on any atom is 0.302 e. The first-order valence-electron chi connectivity index (χ1n) is 11.9. The number of carbonyl (C=O) groups is 1. The van der Waals surface area contributed by atoms with Crippen LogP contribution in [0.25, 0.3) is 0 Å². The lowest BCUT2D eigenvalue weighted by Gasteiger charge is -2.20. The average molecular weight is 421 g/mol. The Hall–Kier alpha value is -1.39. The van der Waals surface area contributed by atoms with Crippen molar-refractivity contribution in [3.63, 3.8) is 0 Å². The molecule has 0 spiro atoms. The first-order chi connectivity index (χ1) is 14.3. The fraction of sp³-hybridized carbons (Fsp3) is 0.731. The quantitative estimate of drug-likeness (QED) is 0.146. The highest BCUT2D eigenvalue weighted by atomic mass is 16.6. The summed E-state index contributed by atoms with van der Waals surface area (Å²) >= 11 is 0. The number of hydrogen-bond acceptors (Lipinski definition) is 4. The molecule has 4 heteroatoms. The molecule has 0 unspecified atom stereocenters. The van der Waals surface area contributed by atoms with Crippen LogP contribution < -0.4 is 0 Å². The van der Waals surface area contributed by atoms with Gasteiger partial charge in [0.2, 0.25) is 0 Å². The van der Waals surface area contributed by atoms with Crippen LogP contribution in [-0.4, -0.2) is 28.6 Å². The van der Waals surface area contributed by atoms with Gasteiger partial charge in [0, 0.05) is 13.3 Å². The number of esters is 1. The Morgan fingerprint density at radius 1 is 1.13 bits per heavy atom. The first kappa shape index (κ1) is 26.6. The minimum atomic E-state index is -1.93. The molecule has 0 saturated heterocycles. The third kappa shape index (κ3) is 13.0. The number of ether oxygens (including phenoxy) is 1. The molecule has 0 aromatic rings. The summed E-state index contributed by atoms with van der Waals surface area (Å²) in [5.74, 6) is -0.392. The van der Waals surface area contributed by atoms with Crippen molar-refractivity contribution in [2.24, 2.45) is 17.8 Å². The van der Waals surface area contributed by atoms with Crippen LogP contribution in [0.4, 0.5) is 0 Å². The summed E-state index contributed by atoms with van der Waals surface area (Å²) < 4.78 is 4.67. The zero-order valence-corrected chi connectivity index (χ0v) is 19.4. The van der Waals surface area contributed by atoms with Gasteiger partial charge < -0.3 is 14.9 Å². The van der Waals surface area contributed by atoms with Gasteiger partial charge in [0.05, 0.1) is 0 Å². The summed E-state index contributed by atoms with van der Waals surface area (Å²) in [6.07, 6.45) is 25.4. The van der Waals surface area contributed by atoms with E-state index in [-0.39, 0.29) is 13.0 Å². The highest BCUT2D eigenvalue weighted by molar-refractivity contribution is 5.65. The molecule has 172 valence electrons. The molecule has 1 fully saturated rings. The molecule has 0 aliphatic heterocycles. The van der Waals surface area contributed by atoms with E-state index in [0.29, 0.717) is 18.3 Å². The zero-order chi connectivity index (χ0) is 22.2. The summed E-state index contributed by atoms with van der Waals surface area (Å²) in [7, 11) is 0. The van der Waals surface area contributed by atoms with Crippen LogP contribution in [0.5, 0.6) is 0 Å². The second kappa shape index (κ2) is 15.4. The fourth-order valence-electron chi connectivity index (χ4n) is 3.99. The van der Waals surface area contributed by atoms with Crippen LogP contribution in [-0.2, 0) is 9.53 Å². The topological polar surface area (TPSA) is 66.8 Å². The predicted molar refractivity (Wildman–Crippen MR) is 124 cm³/mol. The van der Waals surface area contributed by atoms with Gasteiger partial charge >= 0.3 is 5.97 Å². The number of allylic oxidation sites excluding steroid dienone is 6. The van der Waals surface area contributed by atoms with Crippen LogP contribution in [0.15, 0.2) is 36.5 Å². The molecule has 0 aromatic carbocycles. The van der Waals surface area contributed by atoms with E-state index in [1.165, 1.54) is 45.4 Å². The van der Waals surface area contributed by atoms with Crippen LogP contribution in [0, 0.1) is 17.8 Å². The van der Waals surface area contributed by atoms with Gasteiger partial charge in [0.25, 0.3) is 0 Å². The molecular weight excluding hydrogens is 376 g/mol. The Morgan fingerprint density at radius 2 is 1.90 bits per heavy atom. The van der Waals surface area contributed by atoms with Crippen molar-refractivity contribution >= 4 is 5.97 Å². The van der Waals surface area contributed by atoms with E-state index in [4.69, 9.17) is 0 Å². The largest absolute Gasteiger partial charge is 0.460 e. The van der Waals surface area contributed by atoms with Crippen LogP contribution in [0.2, 0.25) is 0 Å². The van der Waals surface area contributed by atoms with Gasteiger partial charge in [-0.05, 0) is 62.7 Å². The molecule has 30 heavy (non-hydrogen) atoms. The third-order valence-electron chi connectivity index (χ3n) is 5.86. The fourth-order valence-corrected chi connectivity index (χ4v) is 3.99. The van der Waals surface area contributed by atoms with E-state index < -0.39 is 11.8 Å².